The van der Waals surface area contributed by atoms with Crippen molar-refractivity contribution >= 4 is 28.3 Å². The number of fused-ring (bicyclic) bond motifs is 1. The summed E-state index contributed by atoms with van der Waals surface area (Å²) in [4.78, 5) is 40.0. The molecule has 6 heteroatoms. The van der Waals surface area contributed by atoms with Crippen LogP contribution in [-0.4, -0.2) is 11.7 Å². The molecule has 32 heavy (non-hydrogen) atoms. The van der Waals surface area contributed by atoms with Gasteiger partial charge in [0.2, 0.25) is 0 Å². The second-order valence-corrected chi connectivity index (χ2v) is 8.10. The lowest BCUT2D eigenvalue weighted by atomic mass is 9.75. The maximum absolute atomic E-state index is 13.5. The Balaban J connectivity index is 1.69. The van der Waals surface area contributed by atoms with E-state index in [4.69, 9.17) is 4.42 Å². The van der Waals surface area contributed by atoms with E-state index in [0.29, 0.717) is 51.9 Å². The fourth-order valence-corrected chi connectivity index (χ4v) is 4.61. The van der Waals surface area contributed by atoms with Gasteiger partial charge in [-0.05, 0) is 44.0 Å². The van der Waals surface area contributed by atoms with Gasteiger partial charge in [-0.15, -0.1) is 0 Å². The molecule has 5 rings (SSSR count). The normalized spacial score (nSPS) is 18.4. The molecule has 0 saturated heterocycles. The van der Waals surface area contributed by atoms with Gasteiger partial charge in [-0.3, -0.25) is 14.4 Å². The first kappa shape index (κ1) is 20.0. The number of allylic oxidation sites excluding steroid dienone is 3. The van der Waals surface area contributed by atoms with Crippen LogP contribution in [0.3, 0.4) is 0 Å². The Labute approximate surface area is 184 Å². The zero-order chi connectivity index (χ0) is 22.2. The maximum Gasteiger partial charge on any atom is 0.254 e. The zero-order valence-electron chi connectivity index (χ0n) is 17.6. The topological polar surface area (TPSA) is 88.4 Å². The summed E-state index contributed by atoms with van der Waals surface area (Å²) in [6.07, 6.45) is 3.22. The minimum atomic E-state index is -0.788. The molecule has 2 aromatic carbocycles. The predicted octanol–water partition coefficient (Wildman–Crippen LogP) is 4.40. The maximum atomic E-state index is 13.5. The standard InChI is InChI=1S/C26H22N2O4/c1-15-22(26(31)28-16-8-3-2-4-9-16)23(24-19(27-15)11-7-12-20(24)29)18-14-32-21-13-6-5-10-17(21)25(18)30/h2-6,8-10,13-14,23,27H,7,11-12H2,1H3,(H,28,31)/t23-/m0/s1. The molecule has 3 aromatic rings. The number of nitrogens with one attached hydrogen (secondary N) is 2. The van der Waals surface area contributed by atoms with Crippen LogP contribution < -0.4 is 16.1 Å². The van der Waals surface area contributed by atoms with Crippen LogP contribution in [-0.2, 0) is 9.59 Å². The Morgan fingerprint density at radius 3 is 2.59 bits per heavy atom. The fraction of sp³-hybridized carbons (Fsp3) is 0.192. The van der Waals surface area contributed by atoms with Crippen LogP contribution in [0.5, 0.6) is 0 Å². The lowest BCUT2D eigenvalue weighted by molar-refractivity contribution is -0.116. The highest BCUT2D eigenvalue weighted by molar-refractivity contribution is 6.09. The molecule has 2 N–H and O–H groups in total. The number of benzene rings is 2. The zero-order valence-corrected chi connectivity index (χ0v) is 17.6. The molecule has 160 valence electrons. The van der Waals surface area contributed by atoms with E-state index in [9.17, 15) is 14.4 Å². The van der Waals surface area contributed by atoms with Crippen molar-refractivity contribution in [3.63, 3.8) is 0 Å². The van der Waals surface area contributed by atoms with Crippen LogP contribution in [0.1, 0.15) is 37.7 Å². The molecule has 1 aliphatic heterocycles. The van der Waals surface area contributed by atoms with Gasteiger partial charge in [0.05, 0.1) is 17.6 Å². The van der Waals surface area contributed by atoms with E-state index in [0.717, 1.165) is 12.1 Å². The molecule has 2 aliphatic rings. The molecule has 6 nitrogen and oxygen atoms in total. The molecular weight excluding hydrogens is 404 g/mol. The summed E-state index contributed by atoms with van der Waals surface area (Å²) >= 11 is 0. The number of anilines is 1. The van der Waals surface area contributed by atoms with E-state index in [-0.39, 0.29) is 17.1 Å². The molecule has 0 unspecified atom stereocenters. The lowest BCUT2D eigenvalue weighted by Gasteiger charge is -2.34. The first-order valence-corrected chi connectivity index (χ1v) is 10.7. The highest BCUT2D eigenvalue weighted by atomic mass is 16.3. The number of rotatable bonds is 3. The number of ketones is 1. The number of hydrogen-bond donors (Lipinski definition) is 2. The number of carbonyl (C=O) groups is 2. The molecule has 1 aliphatic carbocycles. The van der Waals surface area contributed by atoms with Gasteiger partial charge >= 0.3 is 0 Å². The van der Waals surface area contributed by atoms with Crippen LogP contribution in [0.15, 0.2) is 92.6 Å². The summed E-state index contributed by atoms with van der Waals surface area (Å²) in [6, 6.07) is 16.1. The van der Waals surface area contributed by atoms with Gasteiger partial charge < -0.3 is 15.1 Å². The highest BCUT2D eigenvalue weighted by Gasteiger charge is 2.40. The van der Waals surface area contributed by atoms with Gasteiger partial charge in [0.1, 0.15) is 5.58 Å². The Kier molecular flexibility index (Phi) is 4.98. The minimum Gasteiger partial charge on any atom is -0.464 e. The van der Waals surface area contributed by atoms with E-state index in [1.165, 1.54) is 6.26 Å². The van der Waals surface area contributed by atoms with Crippen molar-refractivity contribution in [2.24, 2.45) is 0 Å². The van der Waals surface area contributed by atoms with Gasteiger partial charge in [-0.1, -0.05) is 30.3 Å². The molecule has 1 atom stereocenters. The van der Waals surface area contributed by atoms with Crippen molar-refractivity contribution in [2.75, 3.05) is 5.32 Å². The number of Topliss-reactive ketones (excluding diaryl/α,β-unsaturated/α-hetero) is 1. The second kappa shape index (κ2) is 7.96. The van der Waals surface area contributed by atoms with Crippen molar-refractivity contribution in [1.29, 1.82) is 0 Å². The summed E-state index contributed by atoms with van der Waals surface area (Å²) in [7, 11) is 0. The van der Waals surface area contributed by atoms with E-state index in [2.05, 4.69) is 10.6 Å². The lowest BCUT2D eigenvalue weighted by Crippen LogP contribution is -2.37. The number of dihydropyridines is 1. The molecule has 2 heterocycles. The molecule has 0 fully saturated rings. The molecule has 0 bridgehead atoms. The van der Waals surface area contributed by atoms with Crippen molar-refractivity contribution in [3.05, 3.63) is 99.2 Å². The van der Waals surface area contributed by atoms with Crippen LogP contribution >= 0.6 is 0 Å². The molecule has 0 spiro atoms. The quantitative estimate of drug-likeness (QED) is 0.648. The third-order valence-electron chi connectivity index (χ3n) is 6.07. The Morgan fingerprint density at radius 1 is 1.03 bits per heavy atom. The largest absolute Gasteiger partial charge is 0.464 e. The average Bonchev–Trinajstić information content (AvgIpc) is 2.79. The Hall–Kier alpha value is -3.93. The molecule has 0 radical (unpaired) electrons. The Bertz CT molecular complexity index is 1370. The van der Waals surface area contributed by atoms with Crippen molar-refractivity contribution in [2.45, 2.75) is 32.1 Å². The number of hydrogen-bond acceptors (Lipinski definition) is 5. The van der Waals surface area contributed by atoms with E-state index in [1.54, 1.807) is 43.3 Å². The highest BCUT2D eigenvalue weighted by Crippen LogP contribution is 2.41. The smallest absolute Gasteiger partial charge is 0.254 e. The van der Waals surface area contributed by atoms with Gasteiger partial charge in [0.15, 0.2) is 11.2 Å². The molecule has 1 amide bonds. The third-order valence-corrected chi connectivity index (χ3v) is 6.07. The van der Waals surface area contributed by atoms with Crippen molar-refractivity contribution < 1.29 is 14.0 Å². The third kappa shape index (κ3) is 3.34. The first-order valence-electron chi connectivity index (χ1n) is 10.7. The van der Waals surface area contributed by atoms with Gasteiger partial charge in [0, 0.05) is 40.2 Å². The summed E-state index contributed by atoms with van der Waals surface area (Å²) in [5.41, 5.74) is 3.42. The number of carbonyl (C=O) groups excluding carboxylic acids is 2. The first-order chi connectivity index (χ1) is 15.5. The summed E-state index contributed by atoms with van der Waals surface area (Å²) in [6.45, 7) is 1.80. The summed E-state index contributed by atoms with van der Waals surface area (Å²) < 4.78 is 5.76. The Morgan fingerprint density at radius 2 is 1.78 bits per heavy atom. The monoisotopic (exact) mass is 426 g/mol. The molecular formula is C26H22N2O4. The number of para-hydroxylation sites is 2. The summed E-state index contributed by atoms with van der Waals surface area (Å²) in [5.74, 6) is -1.19. The molecule has 0 saturated carbocycles. The SMILES string of the molecule is CC1=C(C(=O)Nc2ccccc2)[C@H](c2coc3ccccc3c2=O)C2=C(CCCC2=O)N1. The van der Waals surface area contributed by atoms with Crippen LogP contribution in [0.2, 0.25) is 0 Å². The van der Waals surface area contributed by atoms with Gasteiger partial charge in [-0.2, -0.15) is 0 Å². The fourth-order valence-electron chi connectivity index (χ4n) is 4.61. The molecule has 1 aromatic heterocycles. The summed E-state index contributed by atoms with van der Waals surface area (Å²) in [5, 5.41) is 6.60. The average molecular weight is 426 g/mol. The predicted molar refractivity (Wildman–Crippen MR) is 122 cm³/mol. The van der Waals surface area contributed by atoms with Crippen LogP contribution in [0.25, 0.3) is 11.0 Å². The van der Waals surface area contributed by atoms with E-state index >= 15 is 0 Å². The second-order valence-electron chi connectivity index (χ2n) is 8.10. The van der Waals surface area contributed by atoms with Gasteiger partial charge in [0.25, 0.3) is 5.91 Å². The van der Waals surface area contributed by atoms with Crippen LogP contribution in [0.4, 0.5) is 5.69 Å². The van der Waals surface area contributed by atoms with Crippen molar-refractivity contribution in [1.82, 2.24) is 5.32 Å². The van der Waals surface area contributed by atoms with Crippen molar-refractivity contribution in [3.8, 4) is 0 Å². The van der Waals surface area contributed by atoms with E-state index in [1.807, 2.05) is 18.2 Å². The van der Waals surface area contributed by atoms with Crippen LogP contribution in [0, 0.1) is 0 Å². The number of amides is 1. The van der Waals surface area contributed by atoms with E-state index < -0.39 is 5.92 Å². The minimum absolute atomic E-state index is 0.0474. The van der Waals surface area contributed by atoms with Gasteiger partial charge in [-0.25, -0.2) is 0 Å².